The molecule has 1 unspecified atom stereocenters. The van der Waals surface area contributed by atoms with Crippen LogP contribution in [0.25, 0.3) is 0 Å². The summed E-state index contributed by atoms with van der Waals surface area (Å²) in [6, 6.07) is 16.5. The van der Waals surface area contributed by atoms with E-state index in [2.05, 4.69) is 18.4 Å². The normalized spacial score (nSPS) is 16.3. The van der Waals surface area contributed by atoms with Crippen LogP contribution < -0.4 is 0 Å². The lowest BCUT2D eigenvalue weighted by Crippen LogP contribution is -2.39. The molecule has 0 aromatic heterocycles. The summed E-state index contributed by atoms with van der Waals surface area (Å²) in [4.78, 5) is 0.298. The lowest BCUT2D eigenvalue weighted by Gasteiger charge is -2.35. The van der Waals surface area contributed by atoms with Crippen molar-refractivity contribution in [2.75, 3.05) is 6.54 Å². The maximum absolute atomic E-state index is 13.6. The Kier molecular flexibility index (Phi) is 5.55. The number of nitrogens with zero attached hydrogens (tertiary/aromatic N) is 1. The average Bonchev–Trinajstić information content (AvgIpc) is 3.47. The average molecular weight is 380 g/mol. The maximum Gasteiger partial charge on any atom is 0.244 e. The van der Waals surface area contributed by atoms with E-state index in [9.17, 15) is 8.42 Å². The molecule has 140 valence electrons. The predicted octanol–water partition coefficient (Wildman–Crippen LogP) is 4.72. The lowest BCUT2D eigenvalue weighted by atomic mass is 9.90. The van der Waals surface area contributed by atoms with Gasteiger partial charge >= 0.3 is 0 Å². The summed E-state index contributed by atoms with van der Waals surface area (Å²) in [6.07, 6.45) is 3.77. The molecule has 0 bridgehead atoms. The van der Waals surface area contributed by atoms with E-state index in [0.717, 1.165) is 24.0 Å². The highest BCUT2D eigenvalue weighted by atomic mass is 32.2. The van der Waals surface area contributed by atoms with Gasteiger partial charge in [0.05, 0.1) is 17.5 Å². The highest BCUT2D eigenvalue weighted by Gasteiger charge is 2.52. The highest BCUT2D eigenvalue weighted by Crippen LogP contribution is 2.59. The quantitative estimate of drug-likeness (QED) is 0.516. The molecule has 1 saturated carbocycles. The van der Waals surface area contributed by atoms with E-state index in [1.54, 1.807) is 23.4 Å². The van der Waals surface area contributed by atoms with Gasteiger partial charge in [-0.2, -0.15) is 4.31 Å². The monoisotopic (exact) mass is 379 g/mol. The Labute approximate surface area is 162 Å². The molecule has 4 heteroatoms. The first-order chi connectivity index (χ1) is 12.9. The second-order valence-corrected chi connectivity index (χ2v) is 8.93. The molecule has 0 heterocycles. The van der Waals surface area contributed by atoms with Crippen LogP contribution in [-0.2, 0) is 10.0 Å². The van der Waals surface area contributed by atoms with Crippen LogP contribution in [0.4, 0.5) is 0 Å². The number of aryl methyl sites for hydroxylation is 1. The SMILES string of the molecule is C=CC1(C(c2ccccc2)N(CC#CC)S(=O)(=O)c2ccc(C)cc2)CC1. The van der Waals surface area contributed by atoms with Gasteiger partial charge in [-0.3, -0.25) is 0 Å². The maximum atomic E-state index is 13.6. The Morgan fingerprint density at radius 2 is 1.78 bits per heavy atom. The third-order valence-electron chi connectivity index (χ3n) is 5.22. The molecule has 0 aliphatic heterocycles. The molecule has 1 fully saturated rings. The summed E-state index contributed by atoms with van der Waals surface area (Å²) in [5.41, 5.74) is 1.76. The van der Waals surface area contributed by atoms with Gasteiger partial charge in [-0.25, -0.2) is 8.42 Å². The molecule has 3 rings (SSSR count). The molecule has 1 aliphatic carbocycles. The van der Waals surface area contributed by atoms with Crippen molar-refractivity contribution in [1.29, 1.82) is 0 Å². The summed E-state index contributed by atoms with van der Waals surface area (Å²) in [5.74, 6) is 5.82. The number of hydrogen-bond acceptors (Lipinski definition) is 2. The summed E-state index contributed by atoms with van der Waals surface area (Å²) in [5, 5.41) is 0. The predicted molar refractivity (Wildman–Crippen MR) is 110 cm³/mol. The first-order valence-corrected chi connectivity index (χ1v) is 10.6. The molecular weight excluding hydrogens is 354 g/mol. The van der Waals surface area contributed by atoms with Crippen LogP contribution in [0.1, 0.15) is 36.9 Å². The van der Waals surface area contributed by atoms with Gasteiger partial charge in [0.25, 0.3) is 0 Å². The van der Waals surface area contributed by atoms with Crippen molar-refractivity contribution in [2.45, 2.75) is 37.6 Å². The number of benzene rings is 2. The molecule has 1 atom stereocenters. The van der Waals surface area contributed by atoms with Gasteiger partial charge in [-0.05, 0) is 44.4 Å². The largest absolute Gasteiger partial charge is 0.244 e. The first-order valence-electron chi connectivity index (χ1n) is 9.11. The fourth-order valence-corrected chi connectivity index (χ4v) is 5.07. The Morgan fingerprint density at radius 3 is 2.30 bits per heavy atom. The van der Waals surface area contributed by atoms with Crippen molar-refractivity contribution < 1.29 is 8.42 Å². The second kappa shape index (κ2) is 7.72. The molecule has 1 aliphatic rings. The zero-order valence-electron chi connectivity index (χ0n) is 15.9. The molecular formula is C23H25NO2S. The van der Waals surface area contributed by atoms with Crippen molar-refractivity contribution in [3.8, 4) is 11.8 Å². The van der Waals surface area contributed by atoms with E-state index in [1.165, 1.54) is 0 Å². The van der Waals surface area contributed by atoms with Crippen molar-refractivity contribution in [1.82, 2.24) is 4.31 Å². The minimum absolute atomic E-state index is 0.155. The zero-order chi connectivity index (χ0) is 19.5. The molecule has 2 aromatic carbocycles. The molecule has 0 spiro atoms. The van der Waals surface area contributed by atoms with E-state index in [-0.39, 0.29) is 18.0 Å². The molecule has 0 saturated heterocycles. The summed E-state index contributed by atoms with van der Waals surface area (Å²) >= 11 is 0. The van der Waals surface area contributed by atoms with E-state index >= 15 is 0 Å². The van der Waals surface area contributed by atoms with Crippen LogP contribution in [0.3, 0.4) is 0 Å². The van der Waals surface area contributed by atoms with Gasteiger partial charge in [0.1, 0.15) is 0 Å². The minimum atomic E-state index is -3.71. The van der Waals surface area contributed by atoms with Gasteiger partial charge in [0.2, 0.25) is 10.0 Å². The van der Waals surface area contributed by atoms with Crippen LogP contribution in [0.5, 0.6) is 0 Å². The van der Waals surface area contributed by atoms with Crippen molar-refractivity contribution in [2.24, 2.45) is 5.41 Å². The molecule has 0 amide bonds. The number of hydrogen-bond donors (Lipinski definition) is 0. The van der Waals surface area contributed by atoms with E-state index < -0.39 is 10.0 Å². The standard InChI is InChI=1S/C23H25NO2S/c1-4-6-18-24(27(25,26)21-14-12-19(3)13-15-21)22(23(5-2)16-17-23)20-10-8-7-9-11-20/h5,7-15,22H,2,16-18H2,1,3H3. The van der Waals surface area contributed by atoms with Crippen LogP contribution >= 0.6 is 0 Å². The molecule has 27 heavy (non-hydrogen) atoms. The van der Waals surface area contributed by atoms with E-state index in [0.29, 0.717) is 4.90 Å². The summed E-state index contributed by atoms with van der Waals surface area (Å²) in [7, 11) is -3.71. The van der Waals surface area contributed by atoms with E-state index in [1.807, 2.05) is 55.5 Å². The fourth-order valence-electron chi connectivity index (χ4n) is 3.47. The van der Waals surface area contributed by atoms with Gasteiger partial charge in [0.15, 0.2) is 0 Å². The van der Waals surface area contributed by atoms with Crippen molar-refractivity contribution in [3.63, 3.8) is 0 Å². The molecule has 2 aromatic rings. The molecule has 0 radical (unpaired) electrons. The Morgan fingerprint density at radius 1 is 1.15 bits per heavy atom. The Hall–Kier alpha value is -2.35. The van der Waals surface area contributed by atoms with Crippen LogP contribution in [0.2, 0.25) is 0 Å². The van der Waals surface area contributed by atoms with Crippen molar-refractivity contribution >= 4 is 10.0 Å². The lowest BCUT2D eigenvalue weighted by molar-refractivity contribution is 0.275. The highest BCUT2D eigenvalue weighted by molar-refractivity contribution is 7.89. The van der Waals surface area contributed by atoms with Gasteiger partial charge in [-0.1, -0.05) is 60.0 Å². The van der Waals surface area contributed by atoms with Gasteiger partial charge in [-0.15, -0.1) is 12.5 Å². The minimum Gasteiger partial charge on any atom is -0.207 e. The van der Waals surface area contributed by atoms with Gasteiger partial charge in [0, 0.05) is 5.41 Å². The molecule has 0 N–H and O–H groups in total. The zero-order valence-corrected chi connectivity index (χ0v) is 16.7. The van der Waals surface area contributed by atoms with E-state index in [4.69, 9.17) is 0 Å². The third kappa shape index (κ3) is 3.85. The molecule has 3 nitrogen and oxygen atoms in total. The first kappa shape index (κ1) is 19.4. The fraction of sp³-hybridized carbons (Fsp3) is 0.304. The van der Waals surface area contributed by atoms with Crippen molar-refractivity contribution in [3.05, 3.63) is 78.4 Å². The third-order valence-corrected chi connectivity index (χ3v) is 7.05. The summed E-state index contributed by atoms with van der Waals surface area (Å²) in [6.45, 7) is 7.84. The smallest absolute Gasteiger partial charge is 0.207 e. The van der Waals surface area contributed by atoms with Crippen LogP contribution in [0, 0.1) is 24.2 Å². The van der Waals surface area contributed by atoms with Crippen LogP contribution in [0.15, 0.2) is 72.1 Å². The summed E-state index contributed by atoms with van der Waals surface area (Å²) < 4.78 is 28.7. The second-order valence-electron chi connectivity index (χ2n) is 7.04. The van der Waals surface area contributed by atoms with Gasteiger partial charge < -0.3 is 0 Å². The number of rotatable bonds is 7. The van der Waals surface area contributed by atoms with Crippen LogP contribution in [-0.4, -0.2) is 19.3 Å². The Balaban J connectivity index is 2.14. The number of sulfonamides is 1. The Bertz CT molecular complexity index is 963. The topological polar surface area (TPSA) is 37.4 Å².